The van der Waals surface area contributed by atoms with Crippen LogP contribution in [0.15, 0.2) is 24.5 Å². The molecule has 0 radical (unpaired) electrons. The number of hydrogen-bond acceptors (Lipinski definition) is 2. The van der Waals surface area contributed by atoms with Crippen molar-refractivity contribution in [2.24, 2.45) is 0 Å². The Balaban J connectivity index is 2.11. The Labute approximate surface area is 74.3 Å². The van der Waals surface area contributed by atoms with Crippen LogP contribution in [-0.4, -0.2) is 19.2 Å². The zero-order chi connectivity index (χ0) is 8.81. The fraction of sp³-hybridized carbons (Fsp3) is 0.600. The van der Waals surface area contributed by atoms with Crippen LogP contribution < -0.4 is 5.32 Å². The van der Waals surface area contributed by atoms with Gasteiger partial charge in [-0.1, -0.05) is 12.7 Å². The van der Waals surface area contributed by atoms with Gasteiger partial charge in [-0.15, -0.1) is 0 Å². The number of allylic oxidation sites excluding steroid dienone is 2. The van der Waals surface area contributed by atoms with Gasteiger partial charge in [0, 0.05) is 6.04 Å². The summed E-state index contributed by atoms with van der Waals surface area (Å²) in [5.74, 6) is 0.756. The molecule has 1 aliphatic heterocycles. The van der Waals surface area contributed by atoms with Gasteiger partial charge in [0.25, 0.3) is 0 Å². The van der Waals surface area contributed by atoms with Crippen molar-refractivity contribution in [1.82, 2.24) is 5.32 Å². The lowest BCUT2D eigenvalue weighted by Crippen LogP contribution is -2.26. The number of rotatable bonds is 4. The Kier molecular flexibility index (Phi) is 3.88. The highest BCUT2D eigenvalue weighted by molar-refractivity contribution is 5.05. The maximum absolute atomic E-state index is 5.42. The van der Waals surface area contributed by atoms with Crippen LogP contribution in [0.4, 0.5) is 0 Å². The van der Waals surface area contributed by atoms with E-state index in [9.17, 15) is 0 Å². The summed E-state index contributed by atoms with van der Waals surface area (Å²) in [6, 6.07) is 0.534. The Morgan fingerprint density at radius 3 is 3.17 bits per heavy atom. The number of nitrogens with one attached hydrogen (secondary N) is 1. The second-order valence-corrected chi connectivity index (χ2v) is 3.07. The van der Waals surface area contributed by atoms with Crippen LogP contribution in [0.2, 0.25) is 0 Å². The van der Waals surface area contributed by atoms with Gasteiger partial charge < -0.3 is 10.1 Å². The van der Waals surface area contributed by atoms with Crippen LogP contribution >= 0.6 is 0 Å². The molecular formula is C10H17NO. The van der Waals surface area contributed by atoms with Gasteiger partial charge in [-0.2, -0.15) is 0 Å². The fourth-order valence-electron chi connectivity index (χ4n) is 1.34. The molecule has 1 N–H and O–H groups in total. The third-order valence-electron chi connectivity index (χ3n) is 1.98. The van der Waals surface area contributed by atoms with Gasteiger partial charge in [0.1, 0.15) is 12.4 Å². The van der Waals surface area contributed by atoms with Crippen molar-refractivity contribution in [2.75, 3.05) is 13.2 Å². The minimum absolute atomic E-state index is 0.534. The molecule has 0 amide bonds. The molecule has 1 rings (SSSR count). The molecule has 1 aliphatic rings. The second-order valence-electron chi connectivity index (χ2n) is 3.07. The summed E-state index contributed by atoms with van der Waals surface area (Å²) in [5.41, 5.74) is 0. The molecule has 0 aliphatic carbocycles. The molecule has 2 nitrogen and oxygen atoms in total. The molecule has 0 bridgehead atoms. The second kappa shape index (κ2) is 4.99. The van der Waals surface area contributed by atoms with E-state index in [2.05, 4.69) is 11.9 Å². The number of hydrogen-bond donors (Lipinski definition) is 1. The lowest BCUT2D eigenvalue weighted by molar-refractivity contribution is 0.198. The minimum Gasteiger partial charge on any atom is -0.493 e. The predicted octanol–water partition coefficient (Wildman–Crippen LogP) is 1.84. The molecule has 0 aromatic carbocycles. The molecule has 0 unspecified atom stereocenters. The average molecular weight is 167 g/mol. The summed E-state index contributed by atoms with van der Waals surface area (Å²) in [5, 5.41) is 3.36. The Morgan fingerprint density at radius 2 is 2.58 bits per heavy atom. The maximum Gasteiger partial charge on any atom is 0.111 e. The van der Waals surface area contributed by atoms with Gasteiger partial charge in [0.2, 0.25) is 0 Å². The third kappa shape index (κ3) is 3.09. The fourth-order valence-corrected chi connectivity index (χ4v) is 1.34. The van der Waals surface area contributed by atoms with Crippen LogP contribution in [0.25, 0.3) is 0 Å². The van der Waals surface area contributed by atoms with Crippen LogP contribution in [0.1, 0.15) is 19.8 Å². The summed E-state index contributed by atoms with van der Waals surface area (Å²) in [4.78, 5) is 0. The van der Waals surface area contributed by atoms with E-state index >= 15 is 0 Å². The molecule has 68 valence electrons. The standard InChI is InChI=1S/C10H17NO/c1-3-5-9(2)12-8-10-6-4-7-11-10/h3,5,10-11H,2,4,6-8H2,1H3/b5-3-/t10-/m1/s1. The van der Waals surface area contributed by atoms with E-state index in [0.29, 0.717) is 6.04 Å². The smallest absolute Gasteiger partial charge is 0.111 e. The Morgan fingerprint density at radius 1 is 1.75 bits per heavy atom. The first-order valence-electron chi connectivity index (χ1n) is 4.50. The molecular weight excluding hydrogens is 150 g/mol. The molecule has 2 heteroatoms. The van der Waals surface area contributed by atoms with E-state index in [4.69, 9.17) is 4.74 Å². The summed E-state index contributed by atoms with van der Waals surface area (Å²) in [6.45, 7) is 7.61. The highest BCUT2D eigenvalue weighted by atomic mass is 16.5. The summed E-state index contributed by atoms with van der Waals surface area (Å²) in [6.07, 6.45) is 6.31. The summed E-state index contributed by atoms with van der Waals surface area (Å²) >= 11 is 0. The van der Waals surface area contributed by atoms with Gasteiger partial charge in [-0.25, -0.2) is 0 Å². The van der Waals surface area contributed by atoms with Gasteiger partial charge in [-0.05, 0) is 32.4 Å². The number of ether oxygens (including phenoxy) is 1. The normalized spacial score (nSPS) is 23.2. The van der Waals surface area contributed by atoms with Crippen molar-refractivity contribution in [3.8, 4) is 0 Å². The predicted molar refractivity (Wildman–Crippen MR) is 50.9 cm³/mol. The summed E-state index contributed by atoms with van der Waals surface area (Å²) < 4.78 is 5.42. The first-order valence-corrected chi connectivity index (χ1v) is 4.50. The average Bonchev–Trinajstić information content (AvgIpc) is 2.53. The van der Waals surface area contributed by atoms with Crippen molar-refractivity contribution >= 4 is 0 Å². The quantitative estimate of drug-likeness (QED) is 0.509. The summed E-state index contributed by atoms with van der Waals surface area (Å²) in [7, 11) is 0. The largest absolute Gasteiger partial charge is 0.493 e. The van der Waals surface area contributed by atoms with Crippen molar-refractivity contribution < 1.29 is 4.74 Å². The highest BCUT2D eigenvalue weighted by Crippen LogP contribution is 2.07. The van der Waals surface area contributed by atoms with E-state index in [1.54, 1.807) is 0 Å². The van der Waals surface area contributed by atoms with Crippen LogP contribution in [-0.2, 0) is 4.74 Å². The minimum atomic E-state index is 0.534. The molecule has 0 aromatic heterocycles. The molecule has 1 atom stereocenters. The third-order valence-corrected chi connectivity index (χ3v) is 1.98. The molecule has 0 spiro atoms. The van der Waals surface area contributed by atoms with Gasteiger partial charge in [0.05, 0.1) is 0 Å². The topological polar surface area (TPSA) is 21.3 Å². The highest BCUT2D eigenvalue weighted by Gasteiger charge is 2.13. The first-order chi connectivity index (χ1) is 5.83. The van der Waals surface area contributed by atoms with E-state index in [1.807, 2.05) is 19.1 Å². The molecule has 12 heavy (non-hydrogen) atoms. The Bertz CT molecular complexity index is 169. The lowest BCUT2D eigenvalue weighted by atomic mass is 10.2. The van der Waals surface area contributed by atoms with E-state index in [0.717, 1.165) is 18.9 Å². The van der Waals surface area contributed by atoms with Crippen LogP contribution in [0, 0.1) is 0 Å². The van der Waals surface area contributed by atoms with E-state index < -0.39 is 0 Å². The SMILES string of the molecule is C=C(/C=C\C)OC[C@H]1CCCN1. The zero-order valence-electron chi connectivity index (χ0n) is 7.68. The van der Waals surface area contributed by atoms with Crippen molar-refractivity contribution in [3.05, 3.63) is 24.5 Å². The molecule has 1 saturated heterocycles. The van der Waals surface area contributed by atoms with E-state index in [-0.39, 0.29) is 0 Å². The first kappa shape index (κ1) is 9.33. The van der Waals surface area contributed by atoms with Gasteiger partial charge >= 0.3 is 0 Å². The van der Waals surface area contributed by atoms with Gasteiger partial charge in [0.15, 0.2) is 0 Å². The molecule has 1 heterocycles. The monoisotopic (exact) mass is 167 g/mol. The zero-order valence-corrected chi connectivity index (χ0v) is 7.68. The maximum atomic E-state index is 5.42. The van der Waals surface area contributed by atoms with Crippen molar-refractivity contribution in [2.45, 2.75) is 25.8 Å². The Hall–Kier alpha value is -0.760. The molecule has 1 fully saturated rings. The van der Waals surface area contributed by atoms with Gasteiger partial charge in [-0.3, -0.25) is 0 Å². The van der Waals surface area contributed by atoms with Crippen LogP contribution in [0.3, 0.4) is 0 Å². The van der Waals surface area contributed by atoms with Crippen molar-refractivity contribution in [3.63, 3.8) is 0 Å². The van der Waals surface area contributed by atoms with Crippen LogP contribution in [0.5, 0.6) is 0 Å². The molecule has 0 aromatic rings. The van der Waals surface area contributed by atoms with Crippen molar-refractivity contribution in [1.29, 1.82) is 0 Å². The van der Waals surface area contributed by atoms with E-state index in [1.165, 1.54) is 12.8 Å². The molecule has 0 saturated carbocycles. The lowest BCUT2D eigenvalue weighted by Gasteiger charge is -2.11.